The lowest BCUT2D eigenvalue weighted by atomic mass is 10.1. The molecule has 0 radical (unpaired) electrons. The Balaban J connectivity index is 2.01. The summed E-state index contributed by atoms with van der Waals surface area (Å²) in [4.78, 5) is 19.2. The highest BCUT2D eigenvalue weighted by molar-refractivity contribution is 5.81. The second kappa shape index (κ2) is 12.3. The summed E-state index contributed by atoms with van der Waals surface area (Å²) in [5.41, 5.74) is 1.25. The quantitative estimate of drug-likeness (QED) is 0.413. The Bertz CT molecular complexity index is 639. The van der Waals surface area contributed by atoms with Crippen LogP contribution in [0.3, 0.4) is 0 Å². The van der Waals surface area contributed by atoms with Crippen molar-refractivity contribution in [2.24, 2.45) is 4.99 Å². The van der Waals surface area contributed by atoms with Crippen LogP contribution < -0.4 is 20.7 Å². The number of nitrogens with one attached hydrogen (secondary N) is 3. The minimum Gasteiger partial charge on any atom is -0.497 e. The Kier molecular flexibility index (Phi) is 9.77. The van der Waals surface area contributed by atoms with Crippen LogP contribution in [0.25, 0.3) is 0 Å². The lowest BCUT2D eigenvalue weighted by Gasteiger charge is -2.27. The molecule has 0 aromatic heterocycles. The predicted molar refractivity (Wildman–Crippen MR) is 118 cm³/mol. The van der Waals surface area contributed by atoms with Gasteiger partial charge in [0.2, 0.25) is 5.91 Å². The van der Waals surface area contributed by atoms with Crippen molar-refractivity contribution in [2.45, 2.75) is 52.1 Å². The molecular weight excluding hydrogens is 366 g/mol. The standard InChI is InChI=1S/C22H37N5O2/c1-5-23-22(24-13-12-21(28)26-17(2)3)25-16-20(27-14-6-7-15-27)18-8-10-19(29-4)11-9-18/h8-11,17,20H,5-7,12-16H2,1-4H3,(H,26,28)(H2,23,24,25). The molecular formula is C22H37N5O2. The molecule has 1 unspecified atom stereocenters. The number of rotatable bonds is 10. The van der Waals surface area contributed by atoms with Gasteiger partial charge >= 0.3 is 0 Å². The minimum absolute atomic E-state index is 0.0523. The van der Waals surface area contributed by atoms with Crippen LogP contribution in [0.5, 0.6) is 5.75 Å². The fraction of sp³-hybridized carbons (Fsp3) is 0.636. The summed E-state index contributed by atoms with van der Waals surface area (Å²) >= 11 is 0. The summed E-state index contributed by atoms with van der Waals surface area (Å²) in [7, 11) is 1.69. The number of hydrogen-bond donors (Lipinski definition) is 3. The van der Waals surface area contributed by atoms with Gasteiger partial charge in [0, 0.05) is 25.6 Å². The topological polar surface area (TPSA) is 78.0 Å². The molecule has 1 aliphatic heterocycles. The summed E-state index contributed by atoms with van der Waals surface area (Å²) in [5, 5.41) is 9.47. The maximum absolute atomic E-state index is 11.8. The Labute approximate surface area is 175 Å². The second-order valence-electron chi connectivity index (χ2n) is 7.65. The average molecular weight is 404 g/mol. The maximum Gasteiger partial charge on any atom is 0.221 e. The number of hydrogen-bond acceptors (Lipinski definition) is 4. The van der Waals surface area contributed by atoms with E-state index in [9.17, 15) is 4.79 Å². The molecule has 0 spiro atoms. The van der Waals surface area contributed by atoms with Crippen molar-refractivity contribution in [3.05, 3.63) is 29.8 Å². The Morgan fingerprint density at radius 2 is 1.86 bits per heavy atom. The van der Waals surface area contributed by atoms with E-state index in [0.717, 1.165) is 31.3 Å². The summed E-state index contributed by atoms with van der Waals surface area (Å²) in [6.45, 7) is 10.2. The van der Waals surface area contributed by atoms with Gasteiger partial charge in [-0.25, -0.2) is 0 Å². The molecule has 1 amide bonds. The second-order valence-corrected chi connectivity index (χ2v) is 7.65. The Hall–Kier alpha value is -2.28. The van der Waals surface area contributed by atoms with Crippen LogP contribution >= 0.6 is 0 Å². The molecule has 29 heavy (non-hydrogen) atoms. The van der Waals surface area contributed by atoms with Gasteiger partial charge in [0.05, 0.1) is 19.7 Å². The van der Waals surface area contributed by atoms with Crippen molar-refractivity contribution in [3.63, 3.8) is 0 Å². The summed E-state index contributed by atoms with van der Waals surface area (Å²) in [5.74, 6) is 1.67. The monoisotopic (exact) mass is 403 g/mol. The van der Waals surface area contributed by atoms with Gasteiger partial charge in [-0.1, -0.05) is 12.1 Å². The first-order valence-electron chi connectivity index (χ1n) is 10.7. The van der Waals surface area contributed by atoms with Gasteiger partial charge < -0.3 is 20.7 Å². The number of benzene rings is 1. The van der Waals surface area contributed by atoms with Crippen molar-refractivity contribution >= 4 is 11.9 Å². The highest BCUT2D eigenvalue weighted by atomic mass is 16.5. The first kappa shape index (κ1) is 23.0. The third-order valence-electron chi connectivity index (χ3n) is 4.94. The number of ether oxygens (including phenoxy) is 1. The first-order valence-corrected chi connectivity index (χ1v) is 10.7. The molecule has 3 N–H and O–H groups in total. The average Bonchev–Trinajstić information content (AvgIpc) is 3.22. The van der Waals surface area contributed by atoms with Crippen molar-refractivity contribution in [2.75, 3.05) is 39.8 Å². The molecule has 1 fully saturated rings. The van der Waals surface area contributed by atoms with Crippen molar-refractivity contribution in [3.8, 4) is 5.75 Å². The van der Waals surface area contributed by atoms with E-state index in [0.29, 0.717) is 19.5 Å². The van der Waals surface area contributed by atoms with Crippen LogP contribution in [0.1, 0.15) is 51.6 Å². The fourth-order valence-corrected chi connectivity index (χ4v) is 3.52. The molecule has 1 aliphatic rings. The number of amides is 1. The number of methoxy groups -OCH3 is 1. The number of carbonyl (C=O) groups excluding carboxylic acids is 1. The molecule has 1 aromatic carbocycles. The first-order chi connectivity index (χ1) is 14.0. The molecule has 0 bridgehead atoms. The maximum atomic E-state index is 11.8. The van der Waals surface area contributed by atoms with Gasteiger partial charge in [-0.15, -0.1) is 0 Å². The zero-order valence-corrected chi connectivity index (χ0v) is 18.3. The summed E-state index contributed by atoms with van der Waals surface area (Å²) < 4.78 is 5.30. The lowest BCUT2D eigenvalue weighted by Crippen LogP contribution is -2.40. The Morgan fingerprint density at radius 3 is 2.45 bits per heavy atom. The minimum atomic E-state index is 0.0523. The van der Waals surface area contributed by atoms with E-state index in [1.54, 1.807) is 7.11 Å². The van der Waals surface area contributed by atoms with Crippen molar-refractivity contribution in [1.82, 2.24) is 20.9 Å². The van der Waals surface area contributed by atoms with Gasteiger partial charge in [-0.2, -0.15) is 0 Å². The zero-order chi connectivity index (χ0) is 21.1. The molecule has 1 saturated heterocycles. The van der Waals surface area contributed by atoms with Gasteiger partial charge in [-0.3, -0.25) is 14.7 Å². The number of carbonyl (C=O) groups is 1. The SMILES string of the molecule is CCNC(=NCC(c1ccc(OC)cc1)N1CCCC1)NCCC(=O)NC(C)C. The van der Waals surface area contributed by atoms with Gasteiger partial charge in [0.25, 0.3) is 0 Å². The van der Waals surface area contributed by atoms with Crippen molar-refractivity contribution in [1.29, 1.82) is 0 Å². The predicted octanol–water partition coefficient (Wildman–Crippen LogP) is 2.30. The highest BCUT2D eigenvalue weighted by Crippen LogP contribution is 2.27. The van der Waals surface area contributed by atoms with Crippen LogP contribution in [0.2, 0.25) is 0 Å². The van der Waals surface area contributed by atoms with Gasteiger partial charge in [0.1, 0.15) is 5.75 Å². The van der Waals surface area contributed by atoms with E-state index in [2.05, 4.69) is 33.0 Å². The molecule has 1 heterocycles. The van der Waals surface area contributed by atoms with E-state index >= 15 is 0 Å². The third-order valence-corrected chi connectivity index (χ3v) is 4.94. The molecule has 2 rings (SSSR count). The van der Waals surface area contributed by atoms with E-state index in [1.807, 2.05) is 32.9 Å². The summed E-state index contributed by atoms with van der Waals surface area (Å²) in [6.07, 6.45) is 2.90. The molecule has 1 atom stereocenters. The highest BCUT2D eigenvalue weighted by Gasteiger charge is 2.23. The van der Waals surface area contributed by atoms with Crippen LogP contribution in [0, 0.1) is 0 Å². The van der Waals surface area contributed by atoms with Crippen molar-refractivity contribution < 1.29 is 9.53 Å². The molecule has 162 valence electrons. The normalized spacial score (nSPS) is 16.0. The molecule has 1 aromatic rings. The van der Waals surface area contributed by atoms with Crippen LogP contribution in [-0.2, 0) is 4.79 Å². The van der Waals surface area contributed by atoms with Crippen LogP contribution in [-0.4, -0.2) is 62.6 Å². The largest absolute Gasteiger partial charge is 0.497 e. The van der Waals surface area contributed by atoms with E-state index in [1.165, 1.54) is 18.4 Å². The van der Waals surface area contributed by atoms with Crippen LogP contribution in [0.15, 0.2) is 29.3 Å². The van der Waals surface area contributed by atoms with Crippen LogP contribution in [0.4, 0.5) is 0 Å². The number of nitrogens with zero attached hydrogens (tertiary/aromatic N) is 2. The number of aliphatic imine (C=N–C) groups is 1. The van der Waals surface area contributed by atoms with E-state index in [-0.39, 0.29) is 18.0 Å². The molecule has 0 saturated carbocycles. The molecule has 7 nitrogen and oxygen atoms in total. The molecule has 0 aliphatic carbocycles. The fourth-order valence-electron chi connectivity index (χ4n) is 3.52. The summed E-state index contributed by atoms with van der Waals surface area (Å²) in [6, 6.07) is 8.69. The van der Waals surface area contributed by atoms with Gasteiger partial charge in [-0.05, 0) is 64.4 Å². The number of likely N-dealkylation sites (tertiary alicyclic amines) is 1. The third kappa shape index (κ3) is 7.93. The zero-order valence-electron chi connectivity index (χ0n) is 18.3. The van der Waals surface area contributed by atoms with Gasteiger partial charge in [0.15, 0.2) is 5.96 Å². The smallest absolute Gasteiger partial charge is 0.221 e. The van der Waals surface area contributed by atoms with E-state index < -0.39 is 0 Å². The molecule has 7 heteroatoms. The number of guanidine groups is 1. The van der Waals surface area contributed by atoms with E-state index in [4.69, 9.17) is 9.73 Å². The Morgan fingerprint density at radius 1 is 1.17 bits per heavy atom. The lowest BCUT2D eigenvalue weighted by molar-refractivity contribution is -0.121.